The number of halogens is 1. The number of nitrogens with one attached hydrogen (secondary N) is 2. The normalized spacial score (nSPS) is 24.5. The Balaban J connectivity index is 0.00000541. The predicted octanol–water partition coefficient (Wildman–Crippen LogP) is 2.14. The Morgan fingerprint density at radius 3 is 2.53 bits per heavy atom. The van der Waals surface area contributed by atoms with Crippen LogP contribution in [0.15, 0.2) is 36.4 Å². The van der Waals surface area contributed by atoms with E-state index >= 15 is 0 Å². The molecule has 10 nitrogen and oxygen atoms in total. The molecule has 3 saturated heterocycles. The number of hydrogen-bond donors (Lipinski definition) is 5. The van der Waals surface area contributed by atoms with E-state index in [0.717, 1.165) is 92.2 Å². The zero-order chi connectivity index (χ0) is 34.1. The largest absolute Gasteiger partial charge is 1.00 e. The molecular weight excluding hydrogens is 690 g/mol. The molecule has 1 aliphatic carbocycles. The van der Waals surface area contributed by atoms with Gasteiger partial charge < -0.3 is 56.3 Å². The van der Waals surface area contributed by atoms with Crippen LogP contribution in [0.2, 0.25) is 0 Å². The smallest absolute Gasteiger partial charge is 0.211 e. The molecule has 4 fully saturated rings. The zero-order valence-electron chi connectivity index (χ0n) is 29.5. The number of phenolic OH excluding ortho intramolecular Hbond substituents is 1. The minimum atomic E-state index is -0.996. The first-order valence-electron chi connectivity index (χ1n) is 18.1. The maximum Gasteiger partial charge on any atom is 0.211 e. The van der Waals surface area contributed by atoms with Crippen LogP contribution in [0.25, 0.3) is 0 Å². The molecular formula is C38H58BrN3O7. The summed E-state index contributed by atoms with van der Waals surface area (Å²) in [7, 11) is 1.69. The molecule has 274 valence electrons. The van der Waals surface area contributed by atoms with Gasteiger partial charge in [0.25, 0.3) is 0 Å². The molecule has 4 aliphatic rings. The number of phenols is 1. The summed E-state index contributed by atoms with van der Waals surface area (Å²) in [6, 6.07) is 10.8. The van der Waals surface area contributed by atoms with Gasteiger partial charge in [0.05, 0.1) is 51.7 Å². The first-order chi connectivity index (χ1) is 23.2. The summed E-state index contributed by atoms with van der Waals surface area (Å²) in [5.41, 5.74) is 1.85. The molecule has 0 radical (unpaired) electrons. The number of benzene rings is 2. The average Bonchev–Trinajstić information content (AvgIpc) is 3.65. The third kappa shape index (κ3) is 9.75. The summed E-state index contributed by atoms with van der Waals surface area (Å²) in [6.07, 6.45) is 9.08. The summed E-state index contributed by atoms with van der Waals surface area (Å²) in [5, 5.41) is 38.7. The summed E-state index contributed by atoms with van der Waals surface area (Å²) in [5.74, 6) is 1.55. The van der Waals surface area contributed by atoms with Crippen LogP contribution in [0.5, 0.6) is 11.5 Å². The van der Waals surface area contributed by atoms with E-state index in [1.54, 1.807) is 19.2 Å². The Bertz CT molecular complexity index is 1330. The Morgan fingerprint density at radius 2 is 1.86 bits per heavy atom. The molecule has 1 amide bonds. The standard InChI is InChI=1S/C38H57N3O7.BrH/c1-4-8-37(39-23-34(44)29-11-13-33(43)32(22-29)40-26-42)47-20-7-17-41-18-15-28(16-19-41)36(24-41)48-25-38(45,30-9-5-6-10-30)31-12-14-35(46-3)27(2)21-31;/h11-14,21-22,26,28,30,34,36-37,39,44-45H,4-10,15-20,23-25H2,1-3H3,(H-,40,42,43);1H/t28?,34-,36-,37?,38-,41?;/m0./s1. The van der Waals surface area contributed by atoms with Crippen molar-refractivity contribution in [1.29, 1.82) is 0 Å². The number of nitrogens with zero attached hydrogens (tertiary/aromatic N) is 1. The van der Waals surface area contributed by atoms with Gasteiger partial charge >= 0.3 is 0 Å². The number of aliphatic hydroxyl groups is 2. The highest BCUT2D eigenvalue weighted by Crippen LogP contribution is 2.43. The molecule has 0 aromatic heterocycles. The first kappa shape index (κ1) is 39.5. The number of piperidine rings is 3. The van der Waals surface area contributed by atoms with E-state index < -0.39 is 11.7 Å². The topological polar surface area (TPSA) is 130 Å². The van der Waals surface area contributed by atoms with Crippen molar-refractivity contribution >= 4 is 12.1 Å². The number of methoxy groups -OCH3 is 1. The maximum atomic E-state index is 12.3. The van der Waals surface area contributed by atoms with E-state index in [9.17, 15) is 20.1 Å². The minimum absolute atomic E-state index is 0. The fourth-order valence-electron chi connectivity index (χ4n) is 8.38. The molecule has 0 spiro atoms. The second-order valence-electron chi connectivity index (χ2n) is 14.4. The van der Waals surface area contributed by atoms with Gasteiger partial charge in [0.2, 0.25) is 6.41 Å². The third-order valence-electron chi connectivity index (χ3n) is 11.3. The van der Waals surface area contributed by atoms with Crippen molar-refractivity contribution in [3.63, 3.8) is 0 Å². The number of aromatic hydroxyl groups is 1. The van der Waals surface area contributed by atoms with E-state index in [1.807, 2.05) is 19.1 Å². The Hall–Kier alpha value is -2.25. The van der Waals surface area contributed by atoms with Crippen LogP contribution in [0, 0.1) is 18.8 Å². The van der Waals surface area contributed by atoms with E-state index in [0.29, 0.717) is 37.6 Å². The Labute approximate surface area is 302 Å². The van der Waals surface area contributed by atoms with E-state index in [4.69, 9.17) is 14.2 Å². The number of rotatable bonds is 19. The Morgan fingerprint density at radius 1 is 1.10 bits per heavy atom. The predicted molar refractivity (Wildman–Crippen MR) is 186 cm³/mol. The van der Waals surface area contributed by atoms with E-state index in [2.05, 4.69) is 23.6 Å². The molecule has 2 bridgehead atoms. The van der Waals surface area contributed by atoms with Crippen molar-refractivity contribution in [2.45, 2.75) is 95.7 Å². The second-order valence-corrected chi connectivity index (χ2v) is 14.4. The number of ether oxygens (including phenoxy) is 3. The fraction of sp³-hybridized carbons (Fsp3) is 0.658. The summed E-state index contributed by atoms with van der Waals surface area (Å²) >= 11 is 0. The van der Waals surface area contributed by atoms with Gasteiger partial charge in [-0.1, -0.05) is 38.3 Å². The van der Waals surface area contributed by atoms with Crippen LogP contribution in [0.3, 0.4) is 0 Å². The van der Waals surface area contributed by atoms with Gasteiger partial charge in [0, 0.05) is 31.7 Å². The number of aliphatic hydroxyl groups excluding tert-OH is 1. The zero-order valence-corrected chi connectivity index (χ0v) is 31.1. The first-order valence-corrected chi connectivity index (χ1v) is 18.1. The molecule has 3 heterocycles. The van der Waals surface area contributed by atoms with Gasteiger partial charge in [-0.05, 0) is 73.1 Å². The molecule has 1 unspecified atom stereocenters. The third-order valence-corrected chi connectivity index (χ3v) is 11.3. The lowest BCUT2D eigenvalue weighted by atomic mass is 9.79. The highest BCUT2D eigenvalue weighted by molar-refractivity contribution is 5.75. The molecule has 6 rings (SSSR count). The second kappa shape index (κ2) is 18.3. The fourth-order valence-corrected chi connectivity index (χ4v) is 8.38. The monoisotopic (exact) mass is 747 g/mol. The number of amides is 1. The maximum absolute atomic E-state index is 12.3. The quantitative estimate of drug-likeness (QED) is 0.0487. The molecule has 3 aliphatic heterocycles. The number of carbonyl (C=O) groups excluding carboxylic acids is 1. The number of anilines is 1. The number of quaternary nitrogens is 1. The van der Waals surface area contributed by atoms with Gasteiger partial charge in [0.1, 0.15) is 36.0 Å². The number of aryl methyl sites for hydroxylation is 1. The number of fused-ring (bicyclic) bond motifs is 3. The summed E-state index contributed by atoms with van der Waals surface area (Å²) < 4.78 is 19.6. The number of hydrogen-bond acceptors (Lipinski definition) is 8. The van der Waals surface area contributed by atoms with Crippen LogP contribution >= 0.6 is 0 Å². The van der Waals surface area contributed by atoms with Crippen molar-refractivity contribution < 1.29 is 55.8 Å². The highest BCUT2D eigenvalue weighted by atomic mass is 79.9. The average molecular weight is 749 g/mol. The van der Waals surface area contributed by atoms with E-state index in [1.165, 1.54) is 19.2 Å². The van der Waals surface area contributed by atoms with Gasteiger partial charge in [-0.3, -0.25) is 10.1 Å². The lowest BCUT2D eigenvalue weighted by Gasteiger charge is -2.53. The molecule has 11 heteroatoms. The molecule has 1 saturated carbocycles. The van der Waals surface area contributed by atoms with Crippen LogP contribution in [0.4, 0.5) is 5.69 Å². The lowest BCUT2D eigenvalue weighted by molar-refractivity contribution is -0.946. The van der Waals surface area contributed by atoms with Gasteiger partial charge in [-0.15, -0.1) is 0 Å². The van der Waals surface area contributed by atoms with Crippen LogP contribution in [0.1, 0.15) is 87.5 Å². The van der Waals surface area contributed by atoms with Crippen molar-refractivity contribution in [1.82, 2.24) is 5.32 Å². The highest BCUT2D eigenvalue weighted by Gasteiger charge is 2.48. The van der Waals surface area contributed by atoms with Crippen LogP contribution in [-0.2, 0) is 19.9 Å². The molecule has 2 aromatic rings. The Kier molecular flexibility index (Phi) is 14.8. The lowest BCUT2D eigenvalue weighted by Crippen LogP contribution is -3.00. The number of carbonyl (C=O) groups is 1. The van der Waals surface area contributed by atoms with Crippen molar-refractivity contribution in [3.8, 4) is 11.5 Å². The molecule has 5 N–H and O–H groups in total. The van der Waals surface area contributed by atoms with E-state index in [-0.39, 0.29) is 46.7 Å². The van der Waals surface area contributed by atoms with Crippen molar-refractivity contribution in [3.05, 3.63) is 53.1 Å². The van der Waals surface area contributed by atoms with Gasteiger partial charge in [-0.2, -0.15) is 0 Å². The summed E-state index contributed by atoms with van der Waals surface area (Å²) in [6.45, 7) is 9.79. The summed E-state index contributed by atoms with van der Waals surface area (Å²) in [4.78, 5) is 10.8. The van der Waals surface area contributed by atoms with Gasteiger partial charge in [-0.25, -0.2) is 0 Å². The molecule has 2 aromatic carbocycles. The molecule has 49 heavy (non-hydrogen) atoms. The van der Waals surface area contributed by atoms with Crippen LogP contribution < -0.4 is 32.4 Å². The van der Waals surface area contributed by atoms with Crippen molar-refractivity contribution in [2.75, 3.05) is 58.4 Å². The van der Waals surface area contributed by atoms with Crippen molar-refractivity contribution in [2.24, 2.45) is 11.8 Å². The minimum Gasteiger partial charge on any atom is -1.00 e. The molecule has 4 atom stereocenters. The SMILES string of the molecule is CCCC(NC[C@H](O)c1ccc(O)c(NC=O)c1)OCCC[N+]12CCC(CC1)[C@@H](OC[C@@](O)(c1ccc(OC)c(C)c1)C1CCCC1)C2.[Br-]. The van der Waals surface area contributed by atoms with Crippen LogP contribution in [-0.4, -0.2) is 91.6 Å². The van der Waals surface area contributed by atoms with Gasteiger partial charge in [0.15, 0.2) is 0 Å².